The Morgan fingerprint density at radius 2 is 1.84 bits per heavy atom. The van der Waals surface area contributed by atoms with Gasteiger partial charge in [-0.2, -0.15) is 0 Å². The summed E-state index contributed by atoms with van der Waals surface area (Å²) in [6.07, 6.45) is 0. The third kappa shape index (κ3) is 5.29. The Hall–Kier alpha value is -2.41. The highest BCUT2D eigenvalue weighted by Gasteiger charge is 2.14. The fourth-order valence-corrected chi connectivity index (χ4v) is 2.61. The summed E-state index contributed by atoms with van der Waals surface area (Å²) in [5.74, 6) is -0.224. The molecule has 0 unspecified atom stereocenters. The SMILES string of the molecule is CCOc1c(Br)cc(F)cc1NC(=O)COc1ccc(C(C)=O)cc1. The third-order valence-electron chi connectivity index (χ3n) is 3.20. The average Bonchev–Trinajstić information content (AvgIpc) is 2.56. The molecular formula is C18H17BrFNO4. The fraction of sp³-hybridized carbons (Fsp3) is 0.222. The second-order valence-electron chi connectivity index (χ2n) is 5.11. The molecule has 0 heterocycles. The van der Waals surface area contributed by atoms with Crippen molar-refractivity contribution in [1.29, 1.82) is 0 Å². The first kappa shape index (κ1) is 18.9. The number of carbonyl (C=O) groups excluding carboxylic acids is 2. The Bertz CT molecular complexity index is 777. The van der Waals surface area contributed by atoms with Crippen LogP contribution >= 0.6 is 15.9 Å². The van der Waals surface area contributed by atoms with Crippen LogP contribution in [-0.4, -0.2) is 24.9 Å². The Morgan fingerprint density at radius 1 is 1.16 bits per heavy atom. The number of halogens is 2. The van der Waals surface area contributed by atoms with Crippen molar-refractivity contribution in [2.45, 2.75) is 13.8 Å². The molecule has 0 aromatic heterocycles. The lowest BCUT2D eigenvalue weighted by atomic mass is 10.1. The van der Waals surface area contributed by atoms with Crippen LogP contribution in [-0.2, 0) is 4.79 Å². The zero-order chi connectivity index (χ0) is 18.4. The van der Waals surface area contributed by atoms with Crippen molar-refractivity contribution in [2.75, 3.05) is 18.5 Å². The maximum Gasteiger partial charge on any atom is 0.262 e. The molecule has 132 valence electrons. The van der Waals surface area contributed by atoms with Gasteiger partial charge in [0.15, 0.2) is 18.1 Å². The first-order chi connectivity index (χ1) is 11.9. The van der Waals surface area contributed by atoms with E-state index in [-0.39, 0.29) is 18.1 Å². The Balaban J connectivity index is 2.01. The second kappa shape index (κ2) is 8.62. The molecule has 0 spiro atoms. The summed E-state index contributed by atoms with van der Waals surface area (Å²) in [6, 6.07) is 8.88. The molecule has 1 amide bonds. The highest BCUT2D eigenvalue weighted by Crippen LogP contribution is 2.34. The number of nitrogens with one attached hydrogen (secondary N) is 1. The van der Waals surface area contributed by atoms with E-state index in [1.807, 2.05) is 0 Å². The van der Waals surface area contributed by atoms with Crippen LogP contribution in [0, 0.1) is 5.82 Å². The number of carbonyl (C=O) groups is 2. The van der Waals surface area contributed by atoms with E-state index in [2.05, 4.69) is 21.2 Å². The topological polar surface area (TPSA) is 64.6 Å². The monoisotopic (exact) mass is 409 g/mol. The lowest BCUT2D eigenvalue weighted by Crippen LogP contribution is -2.21. The number of anilines is 1. The second-order valence-corrected chi connectivity index (χ2v) is 5.97. The van der Waals surface area contributed by atoms with Crippen molar-refractivity contribution in [3.63, 3.8) is 0 Å². The summed E-state index contributed by atoms with van der Waals surface area (Å²) in [7, 11) is 0. The number of ether oxygens (including phenoxy) is 2. The van der Waals surface area contributed by atoms with Gasteiger partial charge in [-0.25, -0.2) is 4.39 Å². The zero-order valence-corrected chi connectivity index (χ0v) is 15.4. The van der Waals surface area contributed by atoms with Crippen molar-refractivity contribution >= 4 is 33.3 Å². The van der Waals surface area contributed by atoms with Gasteiger partial charge in [0.2, 0.25) is 0 Å². The van der Waals surface area contributed by atoms with Crippen molar-refractivity contribution in [3.05, 3.63) is 52.3 Å². The van der Waals surface area contributed by atoms with Crippen LogP contribution in [0.1, 0.15) is 24.2 Å². The molecule has 5 nitrogen and oxygen atoms in total. The van der Waals surface area contributed by atoms with Gasteiger partial charge in [-0.05, 0) is 60.1 Å². The summed E-state index contributed by atoms with van der Waals surface area (Å²) < 4.78 is 24.8. The number of benzene rings is 2. The molecule has 0 saturated heterocycles. The number of amides is 1. The Kier molecular flexibility index (Phi) is 6.52. The summed E-state index contributed by atoms with van der Waals surface area (Å²) in [5, 5.41) is 2.56. The number of Topliss-reactive ketones (excluding diaryl/α,β-unsaturated/α-hetero) is 1. The van der Waals surface area contributed by atoms with E-state index in [1.54, 1.807) is 31.2 Å². The summed E-state index contributed by atoms with van der Waals surface area (Å²) >= 11 is 3.21. The number of ketones is 1. The van der Waals surface area contributed by atoms with Crippen LogP contribution in [0.25, 0.3) is 0 Å². The van der Waals surface area contributed by atoms with E-state index in [1.165, 1.54) is 19.1 Å². The van der Waals surface area contributed by atoms with Crippen LogP contribution in [0.5, 0.6) is 11.5 Å². The predicted molar refractivity (Wildman–Crippen MR) is 95.8 cm³/mol. The summed E-state index contributed by atoms with van der Waals surface area (Å²) in [4.78, 5) is 23.3. The maximum atomic E-state index is 13.6. The van der Waals surface area contributed by atoms with Crippen LogP contribution < -0.4 is 14.8 Å². The largest absolute Gasteiger partial charge is 0.491 e. The first-order valence-electron chi connectivity index (χ1n) is 7.56. The predicted octanol–water partition coefficient (Wildman–Crippen LogP) is 4.21. The van der Waals surface area contributed by atoms with Crippen molar-refractivity contribution in [2.24, 2.45) is 0 Å². The van der Waals surface area contributed by atoms with E-state index < -0.39 is 11.7 Å². The molecule has 0 bridgehead atoms. The number of hydrogen-bond donors (Lipinski definition) is 1. The summed E-state index contributed by atoms with van der Waals surface area (Å²) in [6.45, 7) is 3.36. The standard InChI is InChI=1S/C18H17BrFNO4/c1-3-24-18-15(19)8-13(20)9-16(18)21-17(23)10-25-14-6-4-12(5-7-14)11(2)22/h4-9H,3,10H2,1-2H3,(H,21,23). The van der Waals surface area contributed by atoms with Crippen LogP contribution in [0.15, 0.2) is 40.9 Å². The fourth-order valence-electron chi connectivity index (χ4n) is 2.07. The Morgan fingerprint density at radius 3 is 2.44 bits per heavy atom. The normalized spacial score (nSPS) is 10.2. The molecule has 0 aliphatic carbocycles. The zero-order valence-electron chi connectivity index (χ0n) is 13.8. The van der Waals surface area contributed by atoms with Gasteiger partial charge in [0.05, 0.1) is 16.8 Å². The molecule has 2 aromatic rings. The van der Waals surface area contributed by atoms with Gasteiger partial charge < -0.3 is 14.8 Å². The van der Waals surface area contributed by atoms with Gasteiger partial charge in [0, 0.05) is 11.6 Å². The molecule has 0 saturated carbocycles. The van der Waals surface area contributed by atoms with Crippen LogP contribution in [0.4, 0.5) is 10.1 Å². The van der Waals surface area contributed by atoms with Crippen molar-refractivity contribution in [1.82, 2.24) is 0 Å². The van der Waals surface area contributed by atoms with Crippen molar-refractivity contribution < 1.29 is 23.5 Å². The van der Waals surface area contributed by atoms with Gasteiger partial charge in [0.1, 0.15) is 11.6 Å². The highest BCUT2D eigenvalue weighted by atomic mass is 79.9. The smallest absolute Gasteiger partial charge is 0.262 e. The molecule has 25 heavy (non-hydrogen) atoms. The minimum atomic E-state index is -0.508. The molecule has 0 radical (unpaired) electrons. The minimum absolute atomic E-state index is 0.0515. The van der Waals surface area contributed by atoms with E-state index in [9.17, 15) is 14.0 Å². The first-order valence-corrected chi connectivity index (χ1v) is 8.35. The molecule has 0 fully saturated rings. The molecule has 1 N–H and O–H groups in total. The Labute approximate surface area is 153 Å². The van der Waals surface area contributed by atoms with Gasteiger partial charge in [0.25, 0.3) is 5.91 Å². The molecule has 0 aliphatic heterocycles. The molecule has 7 heteroatoms. The third-order valence-corrected chi connectivity index (χ3v) is 3.79. The molecule has 2 aromatic carbocycles. The maximum absolute atomic E-state index is 13.6. The molecular weight excluding hydrogens is 393 g/mol. The quantitative estimate of drug-likeness (QED) is 0.695. The average molecular weight is 410 g/mol. The van der Waals surface area contributed by atoms with Gasteiger partial charge in [-0.15, -0.1) is 0 Å². The van der Waals surface area contributed by atoms with E-state index in [4.69, 9.17) is 9.47 Å². The van der Waals surface area contributed by atoms with E-state index in [0.717, 1.165) is 0 Å². The van der Waals surface area contributed by atoms with Gasteiger partial charge >= 0.3 is 0 Å². The highest BCUT2D eigenvalue weighted by molar-refractivity contribution is 9.10. The van der Waals surface area contributed by atoms with Crippen LogP contribution in [0.3, 0.4) is 0 Å². The molecule has 0 aliphatic rings. The minimum Gasteiger partial charge on any atom is -0.491 e. The summed E-state index contributed by atoms with van der Waals surface area (Å²) in [5.41, 5.74) is 0.775. The lowest BCUT2D eigenvalue weighted by molar-refractivity contribution is -0.118. The molecule has 0 atom stereocenters. The van der Waals surface area contributed by atoms with Crippen LogP contribution in [0.2, 0.25) is 0 Å². The number of rotatable bonds is 7. The van der Waals surface area contributed by atoms with E-state index in [0.29, 0.717) is 28.1 Å². The molecule has 2 rings (SSSR count). The van der Waals surface area contributed by atoms with E-state index >= 15 is 0 Å². The lowest BCUT2D eigenvalue weighted by Gasteiger charge is -2.14. The van der Waals surface area contributed by atoms with Gasteiger partial charge in [-0.3, -0.25) is 9.59 Å². The van der Waals surface area contributed by atoms with Gasteiger partial charge in [-0.1, -0.05) is 0 Å². The van der Waals surface area contributed by atoms with Crippen molar-refractivity contribution in [3.8, 4) is 11.5 Å². The number of hydrogen-bond acceptors (Lipinski definition) is 4.